The Bertz CT molecular complexity index is 183. The van der Waals surface area contributed by atoms with Gasteiger partial charge in [-0.15, -0.1) is 0 Å². The molecule has 1 rings (SSSR count). The first-order valence-electron chi connectivity index (χ1n) is 2.67. The summed E-state index contributed by atoms with van der Waals surface area (Å²) in [5.74, 6) is 0. The normalized spacial score (nSPS) is 32.1. The first-order chi connectivity index (χ1) is 4.27. The fourth-order valence-electron chi connectivity index (χ4n) is 0.692. The van der Waals surface area contributed by atoms with Crippen LogP contribution in [-0.2, 0) is 4.74 Å². The number of thiocarbonyl (C=S) groups is 1. The lowest BCUT2D eigenvalue weighted by Gasteiger charge is -2.12. The van der Waals surface area contributed by atoms with E-state index in [0.29, 0.717) is 6.61 Å². The lowest BCUT2D eigenvalue weighted by atomic mass is 10.3. The predicted molar refractivity (Wildman–Crippen MR) is 38.5 cm³/mol. The van der Waals surface area contributed by atoms with Crippen molar-refractivity contribution >= 4 is 17.4 Å². The smallest absolute Gasteiger partial charge is 0.185 e. The van der Waals surface area contributed by atoms with Crippen LogP contribution >= 0.6 is 12.2 Å². The molecule has 0 amide bonds. The van der Waals surface area contributed by atoms with Crippen LogP contribution in [-0.4, -0.2) is 17.5 Å². The maximum Gasteiger partial charge on any atom is 0.185 e. The van der Waals surface area contributed by atoms with Gasteiger partial charge in [-0.2, -0.15) is 4.99 Å². The van der Waals surface area contributed by atoms with Crippen molar-refractivity contribution in [2.24, 2.45) is 4.99 Å². The molecule has 0 bridgehead atoms. The molecular weight excluding hydrogens is 134 g/mol. The Labute approximate surface area is 59.2 Å². The Kier molecular flexibility index (Phi) is 1.76. The summed E-state index contributed by atoms with van der Waals surface area (Å²) in [6, 6.07) is 0. The number of nitrogens with zero attached hydrogens (tertiary/aromatic N) is 1. The van der Waals surface area contributed by atoms with E-state index in [4.69, 9.17) is 4.74 Å². The highest BCUT2D eigenvalue weighted by atomic mass is 32.1. The van der Waals surface area contributed by atoms with E-state index in [0.717, 1.165) is 0 Å². The second kappa shape index (κ2) is 2.40. The second-order valence-electron chi connectivity index (χ2n) is 1.97. The van der Waals surface area contributed by atoms with Gasteiger partial charge in [-0.1, -0.05) is 6.08 Å². The summed E-state index contributed by atoms with van der Waals surface area (Å²) >= 11 is 4.43. The first kappa shape index (κ1) is 6.62. The van der Waals surface area contributed by atoms with Crippen molar-refractivity contribution in [2.75, 3.05) is 6.61 Å². The van der Waals surface area contributed by atoms with Gasteiger partial charge >= 0.3 is 0 Å². The molecule has 0 unspecified atom stereocenters. The van der Waals surface area contributed by atoms with Gasteiger partial charge in [0.15, 0.2) is 5.72 Å². The molecular formula is C6H7NOS. The molecule has 0 N–H and O–H groups in total. The largest absolute Gasteiger partial charge is 0.346 e. The van der Waals surface area contributed by atoms with Crippen molar-refractivity contribution in [2.45, 2.75) is 12.6 Å². The van der Waals surface area contributed by atoms with Crippen molar-refractivity contribution in [1.29, 1.82) is 0 Å². The lowest BCUT2D eigenvalue weighted by molar-refractivity contribution is 0.0502. The number of isothiocyanates is 1. The monoisotopic (exact) mass is 141 g/mol. The van der Waals surface area contributed by atoms with Crippen LogP contribution < -0.4 is 0 Å². The predicted octanol–water partition coefficient (Wildman–Crippen LogP) is 1.39. The second-order valence-corrected chi connectivity index (χ2v) is 2.15. The molecule has 2 nitrogen and oxygen atoms in total. The van der Waals surface area contributed by atoms with Gasteiger partial charge in [-0.3, -0.25) is 0 Å². The van der Waals surface area contributed by atoms with Gasteiger partial charge in [-0.25, -0.2) is 0 Å². The van der Waals surface area contributed by atoms with Crippen molar-refractivity contribution in [3.05, 3.63) is 12.2 Å². The van der Waals surface area contributed by atoms with E-state index in [-0.39, 0.29) is 0 Å². The van der Waals surface area contributed by atoms with Crippen molar-refractivity contribution in [3.8, 4) is 0 Å². The summed E-state index contributed by atoms with van der Waals surface area (Å²) in [4.78, 5) is 3.81. The molecule has 0 aromatic heterocycles. The molecule has 9 heavy (non-hydrogen) atoms. The highest BCUT2D eigenvalue weighted by Gasteiger charge is 2.22. The molecule has 1 aliphatic rings. The molecule has 1 atom stereocenters. The zero-order valence-corrected chi connectivity index (χ0v) is 5.94. The molecule has 0 spiro atoms. The molecule has 0 radical (unpaired) electrons. The molecule has 0 aliphatic carbocycles. The SMILES string of the molecule is C[C@]1(N=C=S)C=CCO1. The highest BCUT2D eigenvalue weighted by molar-refractivity contribution is 7.78. The quantitative estimate of drug-likeness (QED) is 0.312. The summed E-state index contributed by atoms with van der Waals surface area (Å²) < 4.78 is 5.17. The van der Waals surface area contributed by atoms with Crippen LogP contribution in [0.3, 0.4) is 0 Å². The van der Waals surface area contributed by atoms with Crippen LogP contribution in [0.4, 0.5) is 0 Å². The van der Waals surface area contributed by atoms with Gasteiger partial charge < -0.3 is 4.74 Å². The average Bonchev–Trinajstić information content (AvgIpc) is 2.16. The summed E-state index contributed by atoms with van der Waals surface area (Å²) in [6.45, 7) is 2.47. The Balaban J connectivity index is 2.73. The van der Waals surface area contributed by atoms with Gasteiger partial charge in [-0.05, 0) is 25.2 Å². The van der Waals surface area contributed by atoms with Gasteiger partial charge in [0.1, 0.15) is 0 Å². The van der Waals surface area contributed by atoms with Gasteiger partial charge in [0.05, 0.1) is 11.8 Å². The van der Waals surface area contributed by atoms with Crippen molar-refractivity contribution < 1.29 is 4.74 Å². The fourth-order valence-corrected chi connectivity index (χ4v) is 0.873. The van der Waals surface area contributed by atoms with Crippen molar-refractivity contribution in [3.63, 3.8) is 0 Å². The molecule has 1 aliphatic heterocycles. The minimum Gasteiger partial charge on any atom is -0.346 e. The highest BCUT2D eigenvalue weighted by Crippen LogP contribution is 2.18. The maximum atomic E-state index is 5.17. The van der Waals surface area contributed by atoms with Gasteiger partial charge in [0.2, 0.25) is 0 Å². The number of hydrogen-bond donors (Lipinski definition) is 0. The number of hydrogen-bond acceptors (Lipinski definition) is 3. The summed E-state index contributed by atoms with van der Waals surface area (Å²) in [5, 5.41) is 2.28. The summed E-state index contributed by atoms with van der Waals surface area (Å²) in [7, 11) is 0. The van der Waals surface area contributed by atoms with Crippen LogP contribution in [0, 0.1) is 0 Å². The van der Waals surface area contributed by atoms with Crippen LogP contribution in [0.5, 0.6) is 0 Å². The Morgan fingerprint density at radius 2 is 2.67 bits per heavy atom. The molecule has 0 saturated carbocycles. The Morgan fingerprint density at radius 1 is 1.89 bits per heavy atom. The van der Waals surface area contributed by atoms with Crippen LogP contribution in [0.1, 0.15) is 6.92 Å². The van der Waals surface area contributed by atoms with E-state index in [9.17, 15) is 0 Å². The minimum atomic E-state index is -0.526. The van der Waals surface area contributed by atoms with E-state index >= 15 is 0 Å². The van der Waals surface area contributed by atoms with Gasteiger partial charge in [0.25, 0.3) is 0 Å². The molecule has 3 heteroatoms. The van der Waals surface area contributed by atoms with E-state index < -0.39 is 5.72 Å². The maximum absolute atomic E-state index is 5.17. The van der Waals surface area contributed by atoms with Gasteiger partial charge in [0, 0.05) is 0 Å². The van der Waals surface area contributed by atoms with E-state index in [1.54, 1.807) is 0 Å². The molecule has 0 fully saturated rings. The third kappa shape index (κ3) is 1.45. The Hall–Kier alpha value is -0.500. The summed E-state index contributed by atoms with van der Waals surface area (Å²) in [5.41, 5.74) is -0.526. The van der Waals surface area contributed by atoms with E-state index in [1.807, 2.05) is 19.1 Å². The molecule has 1 heterocycles. The zero-order valence-electron chi connectivity index (χ0n) is 5.13. The molecule has 0 saturated heterocycles. The van der Waals surface area contributed by atoms with Crippen molar-refractivity contribution in [1.82, 2.24) is 0 Å². The number of aliphatic imine (C=N–C) groups is 1. The third-order valence-electron chi connectivity index (χ3n) is 1.17. The molecule has 0 aromatic carbocycles. The van der Waals surface area contributed by atoms with Crippen LogP contribution in [0.25, 0.3) is 0 Å². The molecule has 0 aromatic rings. The standard InChI is InChI=1S/C6H7NOS/c1-6(7-5-9)3-2-4-8-6/h2-3H,4H2,1H3/t6-/m1/s1. The van der Waals surface area contributed by atoms with Crippen LogP contribution in [0.15, 0.2) is 17.1 Å². The zero-order chi connectivity index (χ0) is 6.74. The van der Waals surface area contributed by atoms with E-state index in [1.165, 1.54) is 0 Å². The summed E-state index contributed by atoms with van der Waals surface area (Å²) in [6.07, 6.45) is 3.78. The number of ether oxygens (including phenoxy) is 1. The van der Waals surface area contributed by atoms with E-state index in [2.05, 4.69) is 22.4 Å². The first-order valence-corrected chi connectivity index (χ1v) is 3.08. The third-order valence-corrected chi connectivity index (χ3v) is 1.26. The van der Waals surface area contributed by atoms with Crippen LogP contribution in [0.2, 0.25) is 0 Å². The fraction of sp³-hybridized carbons (Fsp3) is 0.500. The molecule has 48 valence electrons. The average molecular weight is 141 g/mol. The lowest BCUT2D eigenvalue weighted by Crippen LogP contribution is -2.17. The Morgan fingerprint density at radius 3 is 3.11 bits per heavy atom. The minimum absolute atomic E-state index is 0.526. The number of rotatable bonds is 1. The topological polar surface area (TPSA) is 21.6 Å².